The molecule has 1 saturated heterocycles. The van der Waals surface area contributed by atoms with Crippen LogP contribution < -0.4 is 5.32 Å². The number of carbonyl (C=O) groups is 2. The molecule has 10 heteroatoms. The fraction of sp³-hybridized carbons (Fsp3) is 0.448. The number of aromatic nitrogens is 1. The van der Waals surface area contributed by atoms with Gasteiger partial charge in [0.2, 0.25) is 0 Å². The van der Waals surface area contributed by atoms with E-state index in [-0.39, 0.29) is 11.8 Å². The van der Waals surface area contributed by atoms with E-state index < -0.39 is 12.7 Å². The van der Waals surface area contributed by atoms with Crippen molar-refractivity contribution in [2.45, 2.75) is 39.9 Å². The van der Waals surface area contributed by atoms with Gasteiger partial charge >= 0.3 is 6.61 Å². The van der Waals surface area contributed by atoms with Crippen LogP contribution in [0.15, 0.2) is 53.8 Å². The first kappa shape index (κ1) is 30.6. The molecule has 1 aliphatic carbocycles. The number of H-pyrrole nitrogens is 1. The van der Waals surface area contributed by atoms with Gasteiger partial charge in [-0.25, -0.2) is 0 Å². The molecular formula is C29H38F2N4O3S. The molecule has 0 aromatic carbocycles. The van der Waals surface area contributed by atoms with Crippen LogP contribution in [0.1, 0.15) is 40.7 Å². The Kier molecular flexibility index (Phi) is 11.8. The molecule has 3 rings (SSSR count). The highest BCUT2D eigenvalue weighted by Crippen LogP contribution is 2.23. The van der Waals surface area contributed by atoms with Crippen LogP contribution in [-0.4, -0.2) is 84.0 Å². The Bertz CT molecular complexity index is 1160. The fourth-order valence-electron chi connectivity index (χ4n) is 4.40. The van der Waals surface area contributed by atoms with Gasteiger partial charge in [0.15, 0.2) is 0 Å². The van der Waals surface area contributed by atoms with Gasteiger partial charge in [-0.3, -0.25) is 9.59 Å². The molecule has 0 spiro atoms. The monoisotopic (exact) mass is 560 g/mol. The molecule has 212 valence electrons. The number of likely N-dealkylation sites (N-methyl/N-ethyl adjacent to an activating group) is 1. The lowest BCUT2D eigenvalue weighted by Gasteiger charge is -2.32. The normalized spacial score (nSPS) is 18.9. The molecule has 2 N–H and O–H groups in total. The van der Waals surface area contributed by atoms with Gasteiger partial charge in [0, 0.05) is 54.6 Å². The Hall–Kier alpha value is -2.95. The van der Waals surface area contributed by atoms with Crippen molar-refractivity contribution in [1.29, 1.82) is 0 Å². The van der Waals surface area contributed by atoms with Gasteiger partial charge in [-0.2, -0.15) is 20.5 Å². The summed E-state index contributed by atoms with van der Waals surface area (Å²) in [6.45, 7) is 5.92. The zero-order chi connectivity index (χ0) is 28.4. The Labute approximate surface area is 233 Å². The summed E-state index contributed by atoms with van der Waals surface area (Å²) in [5.41, 5.74) is 4.50. The Morgan fingerprint density at radius 2 is 2.00 bits per heavy atom. The average molecular weight is 561 g/mol. The molecule has 1 aromatic rings. The summed E-state index contributed by atoms with van der Waals surface area (Å²) in [5.74, 6) is 1.14. The SMILES string of the molecule is C/C=C/NC(=O)C(=C\c1[nH]c(C)c(C(=O)N2CCN(C)CC2)c1C)/C=C/CSCC1=CCC(OC(F)F)C=C1. The maximum absolute atomic E-state index is 13.3. The predicted molar refractivity (Wildman–Crippen MR) is 154 cm³/mol. The largest absolute Gasteiger partial charge is 0.358 e. The van der Waals surface area contributed by atoms with E-state index in [1.165, 1.54) is 0 Å². The first-order valence-corrected chi connectivity index (χ1v) is 14.2. The maximum atomic E-state index is 13.3. The second-order valence-corrected chi connectivity index (χ2v) is 10.6. The van der Waals surface area contributed by atoms with E-state index in [1.807, 2.05) is 43.9 Å². The van der Waals surface area contributed by atoms with Gasteiger partial charge in [0.1, 0.15) is 0 Å². The number of halogens is 2. The van der Waals surface area contributed by atoms with Crippen LogP contribution in [0.3, 0.4) is 0 Å². The van der Waals surface area contributed by atoms with Crippen molar-refractivity contribution in [3.63, 3.8) is 0 Å². The Morgan fingerprint density at radius 1 is 1.26 bits per heavy atom. The minimum Gasteiger partial charge on any atom is -0.358 e. The van der Waals surface area contributed by atoms with Crippen LogP contribution >= 0.6 is 11.8 Å². The highest BCUT2D eigenvalue weighted by atomic mass is 32.2. The second kappa shape index (κ2) is 15.0. The van der Waals surface area contributed by atoms with Crippen molar-refractivity contribution in [2.24, 2.45) is 0 Å². The number of hydrogen-bond acceptors (Lipinski definition) is 5. The molecule has 7 nitrogen and oxygen atoms in total. The zero-order valence-electron chi connectivity index (χ0n) is 23.0. The topological polar surface area (TPSA) is 77.7 Å². The van der Waals surface area contributed by atoms with E-state index in [1.54, 1.807) is 42.3 Å². The lowest BCUT2D eigenvalue weighted by molar-refractivity contribution is -0.149. The summed E-state index contributed by atoms with van der Waals surface area (Å²) in [5, 5.41) is 2.76. The minimum absolute atomic E-state index is 0.0130. The van der Waals surface area contributed by atoms with Crippen molar-refractivity contribution in [3.8, 4) is 0 Å². The number of thioether (sulfide) groups is 1. The van der Waals surface area contributed by atoms with Crippen LogP contribution in [0.25, 0.3) is 6.08 Å². The third-order valence-electron chi connectivity index (χ3n) is 6.62. The van der Waals surface area contributed by atoms with E-state index in [0.717, 1.165) is 41.4 Å². The minimum atomic E-state index is -2.77. The molecule has 1 unspecified atom stereocenters. The highest BCUT2D eigenvalue weighted by molar-refractivity contribution is 7.99. The third kappa shape index (κ3) is 9.05. The highest BCUT2D eigenvalue weighted by Gasteiger charge is 2.25. The van der Waals surface area contributed by atoms with E-state index in [2.05, 4.69) is 27.0 Å². The number of piperazine rings is 1. The van der Waals surface area contributed by atoms with Crippen LogP contribution in [0, 0.1) is 13.8 Å². The number of nitrogens with zero attached hydrogens (tertiary/aromatic N) is 2. The van der Waals surface area contributed by atoms with Crippen molar-refractivity contribution in [3.05, 3.63) is 76.3 Å². The summed E-state index contributed by atoms with van der Waals surface area (Å²) in [7, 11) is 2.05. The van der Waals surface area contributed by atoms with Gasteiger partial charge in [0.05, 0.1) is 11.7 Å². The van der Waals surface area contributed by atoms with Gasteiger partial charge in [0.25, 0.3) is 11.8 Å². The number of alkyl halides is 2. The van der Waals surface area contributed by atoms with Crippen LogP contribution in [0.2, 0.25) is 0 Å². The number of carbonyl (C=O) groups excluding carboxylic acids is 2. The molecule has 0 bridgehead atoms. The summed E-state index contributed by atoms with van der Waals surface area (Å²) in [6.07, 6.45) is 14.0. The molecule has 2 aliphatic rings. The van der Waals surface area contributed by atoms with Crippen LogP contribution in [0.4, 0.5) is 8.78 Å². The molecule has 2 amide bonds. The van der Waals surface area contributed by atoms with Gasteiger partial charge < -0.3 is 24.8 Å². The summed E-state index contributed by atoms with van der Waals surface area (Å²) < 4.78 is 29.2. The van der Waals surface area contributed by atoms with E-state index in [9.17, 15) is 18.4 Å². The molecule has 1 fully saturated rings. The lowest BCUT2D eigenvalue weighted by Crippen LogP contribution is -2.47. The number of ether oxygens (including phenoxy) is 1. The third-order valence-corrected chi connectivity index (χ3v) is 7.58. The Balaban J connectivity index is 1.67. The molecule has 39 heavy (non-hydrogen) atoms. The first-order valence-electron chi connectivity index (χ1n) is 13.1. The van der Waals surface area contributed by atoms with Gasteiger partial charge in [-0.1, -0.05) is 36.5 Å². The maximum Gasteiger partial charge on any atom is 0.345 e. The first-order chi connectivity index (χ1) is 18.7. The quantitative estimate of drug-likeness (QED) is 0.230. The number of allylic oxidation sites excluding steroid dienone is 2. The summed E-state index contributed by atoms with van der Waals surface area (Å²) in [6, 6.07) is 0. The van der Waals surface area contributed by atoms with E-state index >= 15 is 0 Å². The molecule has 0 radical (unpaired) electrons. The molecular weight excluding hydrogens is 522 g/mol. The standard InChI is InChI=1S/C29H38F2N4O3S/c1-5-12-32-27(36)23(7-6-17-39-19-22-8-10-24(11-9-22)38-29(30)31)18-25-20(2)26(21(3)33-25)28(37)35-15-13-34(4)14-16-35/h5-10,12,18,24,29,33H,11,13-17,19H2,1-4H3,(H,32,36)/b7-6+,12-5+,23-18-. The number of rotatable bonds is 11. The predicted octanol–water partition coefficient (Wildman–Crippen LogP) is 4.84. The second-order valence-electron chi connectivity index (χ2n) is 9.56. The number of aryl methyl sites for hydroxylation is 1. The van der Waals surface area contributed by atoms with Crippen molar-refractivity contribution >= 4 is 29.7 Å². The molecule has 2 heterocycles. The number of aromatic amines is 1. The average Bonchev–Trinajstić information content (AvgIpc) is 3.19. The van der Waals surface area contributed by atoms with Crippen molar-refractivity contribution in [1.82, 2.24) is 20.1 Å². The van der Waals surface area contributed by atoms with Gasteiger partial charge in [-0.15, -0.1) is 0 Å². The molecule has 1 atom stereocenters. The van der Waals surface area contributed by atoms with E-state index in [4.69, 9.17) is 0 Å². The van der Waals surface area contributed by atoms with E-state index in [0.29, 0.717) is 36.4 Å². The number of nitrogens with one attached hydrogen (secondary N) is 2. The number of hydrogen-bond donors (Lipinski definition) is 2. The molecule has 1 aliphatic heterocycles. The van der Waals surface area contributed by atoms with Gasteiger partial charge in [-0.05, 0) is 57.7 Å². The molecule has 0 saturated carbocycles. The van der Waals surface area contributed by atoms with Crippen LogP contribution in [-0.2, 0) is 9.53 Å². The van der Waals surface area contributed by atoms with Crippen molar-refractivity contribution in [2.75, 3.05) is 44.7 Å². The Morgan fingerprint density at radius 3 is 2.64 bits per heavy atom. The summed E-state index contributed by atoms with van der Waals surface area (Å²) >= 11 is 1.65. The van der Waals surface area contributed by atoms with Crippen LogP contribution in [0.5, 0.6) is 0 Å². The zero-order valence-corrected chi connectivity index (χ0v) is 23.8. The smallest absolute Gasteiger partial charge is 0.345 e. The van der Waals surface area contributed by atoms with Crippen molar-refractivity contribution < 1.29 is 23.1 Å². The summed E-state index contributed by atoms with van der Waals surface area (Å²) in [4.78, 5) is 33.5. The molecule has 1 aromatic heterocycles. The fourth-order valence-corrected chi connectivity index (χ4v) is 5.20. The lowest BCUT2D eigenvalue weighted by atomic mass is 10.1. The number of amides is 2.